The molecule has 0 saturated heterocycles. The summed E-state index contributed by atoms with van der Waals surface area (Å²) in [5, 5.41) is 18.5. The summed E-state index contributed by atoms with van der Waals surface area (Å²) < 4.78 is 40.4. The van der Waals surface area contributed by atoms with E-state index in [4.69, 9.17) is 33.2 Å². The second-order valence-electron chi connectivity index (χ2n) is 18.5. The molecule has 6 rings (SSSR count). The number of hydrogen-bond donors (Lipinski definition) is 6. The molecule has 2 heterocycles. The number of carbonyl (C=O) groups excluding carboxylic acids is 6. The molecular formula is C54H70N8O13S. The summed E-state index contributed by atoms with van der Waals surface area (Å²) in [5.41, 5.74) is 4.66. The minimum atomic E-state index is -0.877. The molecule has 0 radical (unpaired) electrons. The Morgan fingerprint density at radius 2 is 1.33 bits per heavy atom. The molecule has 0 saturated carbocycles. The average molecular weight is 1070 g/mol. The highest BCUT2D eigenvalue weighted by molar-refractivity contribution is 7.15. The zero-order valence-electron chi connectivity index (χ0n) is 43.6. The molecule has 3 aromatic carbocycles. The number of imidazole rings is 1. The number of hydrogen-bond acceptors (Lipinski definition) is 15. The first-order chi connectivity index (χ1) is 36.8. The second-order valence-corrected chi connectivity index (χ2v) is 19.4. The Morgan fingerprint density at radius 1 is 0.697 bits per heavy atom. The van der Waals surface area contributed by atoms with Gasteiger partial charge in [0.05, 0.1) is 65.5 Å². The van der Waals surface area contributed by atoms with E-state index in [1.54, 1.807) is 43.5 Å². The molecule has 0 aliphatic heterocycles. The predicted octanol–water partition coefficient (Wildman–Crippen LogP) is 6.07. The Bertz CT molecular complexity index is 2610. The quantitative estimate of drug-likeness (QED) is 0.0268. The largest absolute Gasteiger partial charge is 0.496 e. The van der Waals surface area contributed by atoms with Gasteiger partial charge in [-0.15, -0.1) is 11.3 Å². The molecule has 76 heavy (non-hydrogen) atoms. The van der Waals surface area contributed by atoms with Crippen molar-refractivity contribution in [2.75, 3.05) is 98.1 Å². The first-order valence-corrected chi connectivity index (χ1v) is 26.3. The number of benzene rings is 3. The highest BCUT2D eigenvalue weighted by Crippen LogP contribution is 2.44. The number of fused-ring (bicyclic) bond motifs is 4. The van der Waals surface area contributed by atoms with Crippen LogP contribution in [0.5, 0.6) is 5.75 Å². The van der Waals surface area contributed by atoms with E-state index < -0.39 is 35.6 Å². The maximum Gasteiger partial charge on any atom is 0.407 e. The van der Waals surface area contributed by atoms with Gasteiger partial charge in [-0.3, -0.25) is 23.6 Å². The summed E-state index contributed by atoms with van der Waals surface area (Å²) in [4.78, 5) is 81.6. The van der Waals surface area contributed by atoms with Crippen molar-refractivity contribution in [1.29, 1.82) is 0 Å². The number of thiazole rings is 1. The molecule has 0 spiro atoms. The van der Waals surface area contributed by atoms with Crippen LogP contribution in [0, 0.1) is 0 Å². The van der Waals surface area contributed by atoms with Crippen molar-refractivity contribution in [3.63, 3.8) is 0 Å². The Hall–Kier alpha value is -7.11. The van der Waals surface area contributed by atoms with Crippen LogP contribution in [-0.2, 0) is 38.0 Å². The van der Waals surface area contributed by atoms with Crippen LogP contribution in [0.3, 0.4) is 0 Å². The molecule has 2 aromatic heterocycles. The molecule has 6 N–H and O–H groups in total. The van der Waals surface area contributed by atoms with Crippen molar-refractivity contribution in [3.8, 4) is 16.9 Å². The first kappa shape index (κ1) is 58.2. The third-order valence-electron chi connectivity index (χ3n) is 11.7. The van der Waals surface area contributed by atoms with Crippen LogP contribution >= 0.6 is 11.3 Å². The number of anilines is 1. The maximum atomic E-state index is 13.3. The van der Waals surface area contributed by atoms with Crippen molar-refractivity contribution in [2.45, 2.75) is 70.4 Å². The predicted molar refractivity (Wildman–Crippen MR) is 285 cm³/mol. The molecule has 6 amide bonds. The van der Waals surface area contributed by atoms with Crippen LogP contribution in [-0.4, -0.2) is 150 Å². The number of amides is 6. The van der Waals surface area contributed by atoms with Crippen LogP contribution < -0.4 is 36.6 Å². The van der Waals surface area contributed by atoms with E-state index in [2.05, 4.69) is 49.0 Å². The maximum absolute atomic E-state index is 13.3. The summed E-state index contributed by atoms with van der Waals surface area (Å²) >= 11 is 1.41. The van der Waals surface area contributed by atoms with Gasteiger partial charge < -0.3 is 65.1 Å². The molecule has 21 nitrogen and oxygen atoms in total. The number of methoxy groups -OCH3 is 1. The standard InChI is InChI=1S/C54H70N8O13S/c1-54(2,3)75-52(67)58-20-10-9-16-44(61-53(68)74-36-43-40-14-7-5-12-38(40)39-13-6-8-15-41(39)43)49(65)57-23-26-71-28-30-73-32-31-72-29-27-70-25-22-55-47(63)17-11-21-56-48(64)42-34-37(18-19-46(42)69-4)59-50(66)45-35-62-24-33-76-51(62)60-45/h5-8,12-15,18-19,24,33-35,43-44H,9-11,16-17,20-23,25-32,36H2,1-4H3,(H,55,63)(H,56,64)(H,57,65)(H,58,67)(H,59,66)(H,61,68)/t44-/m1/s1. The molecule has 0 unspecified atom stereocenters. The van der Waals surface area contributed by atoms with E-state index in [1.165, 1.54) is 24.5 Å². The Labute approximate surface area is 446 Å². The zero-order valence-corrected chi connectivity index (χ0v) is 44.4. The normalized spacial score (nSPS) is 12.3. The first-order valence-electron chi connectivity index (χ1n) is 25.4. The van der Waals surface area contributed by atoms with Crippen LogP contribution in [0.25, 0.3) is 16.1 Å². The van der Waals surface area contributed by atoms with Gasteiger partial charge in [-0.05, 0) is 86.9 Å². The highest BCUT2D eigenvalue weighted by atomic mass is 32.1. The zero-order chi connectivity index (χ0) is 54.1. The molecule has 22 heteroatoms. The average Bonchev–Trinajstić information content (AvgIpc) is 4.13. The number of aromatic nitrogens is 2. The third-order valence-corrected chi connectivity index (χ3v) is 12.4. The van der Waals surface area contributed by atoms with Gasteiger partial charge in [0.25, 0.3) is 11.8 Å². The molecular weight excluding hydrogens is 1000 g/mol. The van der Waals surface area contributed by atoms with Gasteiger partial charge in [-0.25, -0.2) is 14.6 Å². The third kappa shape index (κ3) is 18.9. The van der Waals surface area contributed by atoms with Gasteiger partial charge in [0.2, 0.25) is 11.8 Å². The van der Waals surface area contributed by atoms with Gasteiger partial charge in [0.15, 0.2) is 4.96 Å². The number of nitrogens with one attached hydrogen (secondary N) is 6. The summed E-state index contributed by atoms with van der Waals surface area (Å²) in [6, 6.07) is 20.0. The molecule has 0 fully saturated rings. The van der Waals surface area contributed by atoms with Gasteiger partial charge >= 0.3 is 12.2 Å². The smallest absolute Gasteiger partial charge is 0.407 e. The number of alkyl carbamates (subject to hydrolysis) is 2. The van der Waals surface area contributed by atoms with Crippen LogP contribution in [0.1, 0.15) is 90.8 Å². The molecule has 5 aromatic rings. The molecule has 1 aliphatic carbocycles. The number of unbranched alkanes of at least 4 members (excludes halogenated alkanes) is 1. The van der Waals surface area contributed by atoms with Gasteiger partial charge in [-0.1, -0.05) is 48.5 Å². The lowest BCUT2D eigenvalue weighted by Gasteiger charge is -2.21. The highest BCUT2D eigenvalue weighted by Gasteiger charge is 2.30. The number of nitrogens with zero attached hydrogens (tertiary/aromatic N) is 2. The monoisotopic (exact) mass is 1070 g/mol. The summed E-state index contributed by atoms with van der Waals surface area (Å²) in [7, 11) is 1.45. The van der Waals surface area contributed by atoms with Gasteiger partial charge in [0.1, 0.15) is 29.7 Å². The van der Waals surface area contributed by atoms with Crippen LogP contribution in [0.2, 0.25) is 0 Å². The Morgan fingerprint density at radius 3 is 1.97 bits per heavy atom. The van der Waals surface area contributed by atoms with Crippen molar-refractivity contribution in [3.05, 3.63) is 107 Å². The Balaban J connectivity index is 0.761. The van der Waals surface area contributed by atoms with E-state index in [9.17, 15) is 28.8 Å². The fraction of sp³-hybridized carbons (Fsp3) is 0.463. The number of carbonyl (C=O) groups is 6. The van der Waals surface area contributed by atoms with Crippen LogP contribution in [0.4, 0.5) is 15.3 Å². The fourth-order valence-electron chi connectivity index (χ4n) is 8.05. The van der Waals surface area contributed by atoms with E-state index in [0.29, 0.717) is 101 Å². The van der Waals surface area contributed by atoms with E-state index in [1.807, 2.05) is 48.0 Å². The Kier molecular flexibility index (Phi) is 23.3. The lowest BCUT2D eigenvalue weighted by Crippen LogP contribution is -2.47. The SMILES string of the molecule is COc1ccc(NC(=O)c2cn3ccsc3n2)cc1C(=O)NCCCC(=O)NCCOCCOCCOCCOCCNC(=O)[C@@H](CCCCNC(=O)OC(C)(C)C)NC(=O)OCC1c2ccccc2-c2ccccc21. The topological polar surface area (TPSA) is 257 Å². The van der Waals surface area contributed by atoms with Gasteiger partial charge in [-0.2, -0.15) is 0 Å². The van der Waals surface area contributed by atoms with Crippen molar-refractivity contribution >= 4 is 57.8 Å². The summed E-state index contributed by atoms with van der Waals surface area (Å²) in [6.45, 7) is 9.10. The van der Waals surface area contributed by atoms with E-state index in [-0.39, 0.29) is 61.7 Å². The number of rotatable bonds is 32. The molecule has 1 aliphatic rings. The summed E-state index contributed by atoms with van der Waals surface area (Å²) in [6.07, 6.45) is 4.23. The van der Waals surface area contributed by atoms with Crippen molar-refractivity contribution in [2.24, 2.45) is 0 Å². The lowest BCUT2D eigenvalue weighted by molar-refractivity contribution is -0.123. The van der Waals surface area contributed by atoms with E-state index in [0.717, 1.165) is 22.3 Å². The lowest BCUT2D eigenvalue weighted by atomic mass is 9.98. The van der Waals surface area contributed by atoms with Crippen molar-refractivity contribution in [1.82, 2.24) is 36.0 Å². The minimum Gasteiger partial charge on any atom is -0.496 e. The minimum absolute atomic E-state index is 0.109. The number of ether oxygens (including phenoxy) is 7. The van der Waals surface area contributed by atoms with Crippen molar-refractivity contribution < 1.29 is 61.9 Å². The van der Waals surface area contributed by atoms with Crippen LogP contribution in [0.15, 0.2) is 84.5 Å². The molecule has 1 atom stereocenters. The molecule has 0 bridgehead atoms. The van der Waals surface area contributed by atoms with Gasteiger partial charge in [0, 0.05) is 62.0 Å². The second kappa shape index (κ2) is 30.4. The summed E-state index contributed by atoms with van der Waals surface area (Å²) in [5.74, 6) is -1.16. The van der Waals surface area contributed by atoms with E-state index >= 15 is 0 Å². The molecule has 410 valence electrons. The fourth-order valence-corrected chi connectivity index (χ4v) is 8.75.